The van der Waals surface area contributed by atoms with E-state index in [1.54, 1.807) is 0 Å². The predicted molar refractivity (Wildman–Crippen MR) is 109 cm³/mol. The summed E-state index contributed by atoms with van der Waals surface area (Å²) in [5.41, 5.74) is 5.12. The molecule has 3 N–H and O–H groups in total. The van der Waals surface area contributed by atoms with Crippen LogP contribution in [0.5, 0.6) is 0 Å². The van der Waals surface area contributed by atoms with Gasteiger partial charge in [0.15, 0.2) is 0 Å². The third-order valence-corrected chi connectivity index (χ3v) is 4.68. The van der Waals surface area contributed by atoms with Crippen molar-refractivity contribution >= 4 is 44.4 Å². The third-order valence-electron chi connectivity index (χ3n) is 4.15. The molecule has 0 fully saturated rings. The van der Waals surface area contributed by atoms with Crippen LogP contribution >= 0.6 is 15.9 Å². The van der Waals surface area contributed by atoms with Crippen molar-refractivity contribution in [1.29, 1.82) is 0 Å². The maximum atomic E-state index is 4.67. The van der Waals surface area contributed by atoms with Gasteiger partial charge in [-0.2, -0.15) is 10.1 Å². The molecule has 1 unspecified atom stereocenters. The number of halogens is 1. The summed E-state index contributed by atoms with van der Waals surface area (Å²) >= 11 is 3.45. The normalized spacial score (nSPS) is 16.2. The van der Waals surface area contributed by atoms with Gasteiger partial charge in [-0.05, 0) is 36.8 Å². The topological polar surface area (TPSA) is 74.2 Å². The van der Waals surface area contributed by atoms with Crippen molar-refractivity contribution in [2.75, 3.05) is 10.6 Å². The zero-order valence-corrected chi connectivity index (χ0v) is 15.9. The van der Waals surface area contributed by atoms with E-state index in [1.165, 1.54) is 0 Å². The Morgan fingerprint density at radius 3 is 2.69 bits per heavy atom. The molecule has 2 heterocycles. The van der Waals surface area contributed by atoms with E-state index in [2.05, 4.69) is 66.1 Å². The molecule has 6 nitrogen and oxygen atoms in total. The molecule has 26 heavy (non-hydrogen) atoms. The van der Waals surface area contributed by atoms with Crippen LogP contribution in [0.1, 0.15) is 18.9 Å². The molecule has 0 spiro atoms. The van der Waals surface area contributed by atoms with E-state index in [-0.39, 0.29) is 0 Å². The second-order valence-electron chi connectivity index (χ2n) is 6.31. The van der Waals surface area contributed by atoms with Gasteiger partial charge in [0, 0.05) is 28.9 Å². The molecule has 0 saturated carbocycles. The number of anilines is 2. The van der Waals surface area contributed by atoms with Gasteiger partial charge in [0.2, 0.25) is 5.95 Å². The Kier molecular flexibility index (Phi) is 4.71. The molecule has 1 aliphatic rings. The van der Waals surface area contributed by atoms with Crippen LogP contribution < -0.4 is 16.1 Å². The summed E-state index contributed by atoms with van der Waals surface area (Å²) in [6.45, 7) is 2.76. The van der Waals surface area contributed by atoms with Crippen molar-refractivity contribution in [2.45, 2.75) is 25.9 Å². The van der Waals surface area contributed by atoms with Crippen molar-refractivity contribution < 1.29 is 0 Å². The average molecular weight is 411 g/mol. The number of hydrogen-bond acceptors (Lipinski definition) is 6. The molecule has 0 saturated heterocycles. The number of hydrazone groups is 1. The minimum Gasteiger partial charge on any atom is -0.350 e. The number of aromatic nitrogens is 2. The number of para-hydroxylation sites is 1. The first-order chi connectivity index (χ1) is 12.7. The highest BCUT2D eigenvalue weighted by Gasteiger charge is 2.16. The summed E-state index contributed by atoms with van der Waals surface area (Å²) in [4.78, 5) is 9.30. The van der Waals surface area contributed by atoms with E-state index in [0.717, 1.165) is 39.0 Å². The first-order valence-electron chi connectivity index (χ1n) is 8.51. The molecule has 4 rings (SSSR count). The van der Waals surface area contributed by atoms with Crippen molar-refractivity contribution in [2.24, 2.45) is 5.10 Å². The fraction of sp³-hybridized carbons (Fsp3) is 0.211. The molecule has 7 heteroatoms. The van der Waals surface area contributed by atoms with Gasteiger partial charge in [-0.3, -0.25) is 0 Å². The molecule has 0 amide bonds. The van der Waals surface area contributed by atoms with E-state index < -0.39 is 0 Å². The largest absolute Gasteiger partial charge is 0.350 e. The highest BCUT2D eigenvalue weighted by Crippen LogP contribution is 2.23. The van der Waals surface area contributed by atoms with Gasteiger partial charge in [0.05, 0.1) is 5.52 Å². The first-order valence-corrected chi connectivity index (χ1v) is 9.31. The van der Waals surface area contributed by atoms with Crippen LogP contribution in [0.25, 0.3) is 10.9 Å². The van der Waals surface area contributed by atoms with Crippen molar-refractivity contribution in [3.63, 3.8) is 0 Å². The number of nitrogens with one attached hydrogen (secondary N) is 3. The van der Waals surface area contributed by atoms with Gasteiger partial charge < -0.3 is 16.1 Å². The fourth-order valence-corrected chi connectivity index (χ4v) is 3.08. The molecular weight excluding hydrogens is 392 g/mol. The highest BCUT2D eigenvalue weighted by atomic mass is 79.9. The van der Waals surface area contributed by atoms with Gasteiger partial charge in [-0.25, -0.2) is 4.98 Å². The second-order valence-corrected chi connectivity index (χ2v) is 7.23. The van der Waals surface area contributed by atoms with E-state index >= 15 is 0 Å². The number of fused-ring (bicyclic) bond motifs is 1. The van der Waals surface area contributed by atoms with Crippen LogP contribution in [0.4, 0.5) is 11.8 Å². The van der Waals surface area contributed by atoms with Crippen molar-refractivity contribution in [3.05, 3.63) is 58.6 Å². The van der Waals surface area contributed by atoms with Crippen LogP contribution in [0.15, 0.2) is 58.1 Å². The molecule has 1 aromatic heterocycles. The number of amidine groups is 1. The lowest BCUT2D eigenvalue weighted by Gasteiger charge is -2.11. The molecule has 1 aliphatic heterocycles. The Morgan fingerprint density at radius 2 is 1.92 bits per heavy atom. The van der Waals surface area contributed by atoms with Gasteiger partial charge in [-0.15, -0.1) is 0 Å². The Balaban J connectivity index is 1.59. The fourth-order valence-electron chi connectivity index (χ4n) is 2.82. The highest BCUT2D eigenvalue weighted by molar-refractivity contribution is 9.10. The van der Waals surface area contributed by atoms with E-state index in [1.807, 2.05) is 36.4 Å². The first kappa shape index (κ1) is 16.8. The van der Waals surface area contributed by atoms with Crippen LogP contribution in [0, 0.1) is 0 Å². The molecule has 0 bridgehead atoms. The molecule has 132 valence electrons. The quantitative estimate of drug-likeness (QED) is 0.603. The monoisotopic (exact) mass is 410 g/mol. The van der Waals surface area contributed by atoms with Crippen LogP contribution in [0.3, 0.4) is 0 Å². The molecular formula is C19H19BrN6. The number of nitrogens with zero attached hydrogens (tertiary/aromatic N) is 3. The molecule has 2 aromatic carbocycles. The summed E-state index contributed by atoms with van der Waals surface area (Å²) < 4.78 is 1.06. The maximum absolute atomic E-state index is 4.67. The Hall–Kier alpha value is -2.67. The lowest BCUT2D eigenvalue weighted by molar-refractivity contribution is 0.636. The summed E-state index contributed by atoms with van der Waals surface area (Å²) in [6.07, 6.45) is 0.847. The van der Waals surface area contributed by atoms with Crippen LogP contribution in [0.2, 0.25) is 0 Å². The van der Waals surface area contributed by atoms with Gasteiger partial charge >= 0.3 is 0 Å². The van der Waals surface area contributed by atoms with Crippen molar-refractivity contribution in [3.8, 4) is 0 Å². The zero-order valence-electron chi connectivity index (χ0n) is 14.3. The van der Waals surface area contributed by atoms with Gasteiger partial charge in [0.1, 0.15) is 11.7 Å². The number of hydrogen-bond donors (Lipinski definition) is 3. The van der Waals surface area contributed by atoms with E-state index in [0.29, 0.717) is 18.5 Å². The zero-order chi connectivity index (χ0) is 17.9. The minimum atomic E-state index is 0.334. The SMILES string of the molecule is CC1CC(Nc2nc(NCc3ccc(Br)cc3)nc3ccccc23)=NN1. The standard InChI is InChI=1S/C19H19BrN6/c1-12-10-17(26-25-12)23-18-15-4-2-3-5-16(15)22-19(24-18)21-11-13-6-8-14(20)9-7-13/h2-9,12,25H,10-11H2,1H3,(H2,21,22,23,24,26). The minimum absolute atomic E-state index is 0.334. The van der Waals surface area contributed by atoms with E-state index in [9.17, 15) is 0 Å². The maximum Gasteiger partial charge on any atom is 0.225 e. The summed E-state index contributed by atoms with van der Waals surface area (Å²) in [6, 6.07) is 16.5. The van der Waals surface area contributed by atoms with Gasteiger partial charge in [0.25, 0.3) is 0 Å². The van der Waals surface area contributed by atoms with Gasteiger partial charge in [-0.1, -0.05) is 40.2 Å². The smallest absolute Gasteiger partial charge is 0.225 e. The Bertz CT molecular complexity index is 954. The molecule has 3 aromatic rings. The lowest BCUT2D eigenvalue weighted by Crippen LogP contribution is -2.16. The molecule has 0 radical (unpaired) electrons. The third kappa shape index (κ3) is 3.77. The number of rotatable bonds is 4. The Labute approximate surface area is 160 Å². The summed E-state index contributed by atoms with van der Waals surface area (Å²) in [5, 5.41) is 12.0. The molecule has 1 atom stereocenters. The number of benzene rings is 2. The average Bonchev–Trinajstić information content (AvgIpc) is 3.06. The summed E-state index contributed by atoms with van der Waals surface area (Å²) in [7, 11) is 0. The molecule has 0 aliphatic carbocycles. The van der Waals surface area contributed by atoms with Crippen molar-refractivity contribution in [1.82, 2.24) is 15.4 Å². The second kappa shape index (κ2) is 7.29. The van der Waals surface area contributed by atoms with Crippen LogP contribution in [-0.2, 0) is 6.54 Å². The Morgan fingerprint density at radius 1 is 1.12 bits per heavy atom. The lowest BCUT2D eigenvalue weighted by atomic mass is 10.2. The van der Waals surface area contributed by atoms with E-state index in [4.69, 9.17) is 0 Å². The predicted octanol–water partition coefficient (Wildman–Crippen LogP) is 4.11. The summed E-state index contributed by atoms with van der Waals surface area (Å²) in [5.74, 6) is 2.25. The van der Waals surface area contributed by atoms with Crippen LogP contribution in [-0.4, -0.2) is 21.8 Å².